The molecule has 0 saturated heterocycles. The van der Waals surface area contributed by atoms with Gasteiger partial charge in [-0.1, -0.05) is 17.4 Å². The SMILES string of the molecule is CCOc1ccc2nc(NC(=O)c3csc(Nc4cc(C)ccc4OC)n3)sc2c1. The highest BCUT2D eigenvalue weighted by atomic mass is 32.1. The first-order valence-corrected chi connectivity index (χ1v) is 11.0. The molecule has 154 valence electrons. The molecule has 9 heteroatoms. The smallest absolute Gasteiger partial charge is 0.276 e. The zero-order valence-electron chi connectivity index (χ0n) is 16.7. The molecule has 0 fully saturated rings. The standard InChI is InChI=1S/C21H20N4O3S2/c1-4-28-13-6-7-14-18(10-13)30-21(22-14)25-19(26)16-11-29-20(24-16)23-15-9-12(2)5-8-17(15)27-3/h5-11H,4H2,1-3H3,(H,23,24)(H,22,25,26). The first-order valence-electron chi connectivity index (χ1n) is 9.27. The molecule has 2 heterocycles. The van der Waals surface area contributed by atoms with Crippen LogP contribution in [0.15, 0.2) is 41.8 Å². The predicted molar refractivity (Wildman–Crippen MR) is 122 cm³/mol. The Hall–Kier alpha value is -3.17. The van der Waals surface area contributed by atoms with E-state index in [1.807, 2.05) is 50.2 Å². The number of ether oxygens (including phenoxy) is 2. The van der Waals surface area contributed by atoms with Gasteiger partial charge in [0.15, 0.2) is 10.3 Å². The predicted octanol–water partition coefficient (Wildman–Crippen LogP) is 5.46. The zero-order chi connectivity index (χ0) is 21.1. The minimum Gasteiger partial charge on any atom is -0.495 e. The molecule has 0 atom stereocenters. The summed E-state index contributed by atoms with van der Waals surface area (Å²) in [5.74, 6) is 1.19. The highest BCUT2D eigenvalue weighted by Crippen LogP contribution is 2.31. The van der Waals surface area contributed by atoms with Crippen LogP contribution in [0.2, 0.25) is 0 Å². The van der Waals surface area contributed by atoms with Gasteiger partial charge in [0.1, 0.15) is 17.2 Å². The van der Waals surface area contributed by atoms with E-state index >= 15 is 0 Å². The quantitative estimate of drug-likeness (QED) is 0.397. The van der Waals surface area contributed by atoms with Crippen LogP contribution in [0.4, 0.5) is 16.0 Å². The van der Waals surface area contributed by atoms with E-state index in [2.05, 4.69) is 20.6 Å². The van der Waals surface area contributed by atoms with Crippen molar-refractivity contribution in [3.63, 3.8) is 0 Å². The van der Waals surface area contributed by atoms with Gasteiger partial charge in [0.05, 0.1) is 29.6 Å². The van der Waals surface area contributed by atoms with Crippen LogP contribution in [-0.2, 0) is 0 Å². The molecule has 2 N–H and O–H groups in total. The van der Waals surface area contributed by atoms with Gasteiger partial charge in [-0.05, 0) is 49.7 Å². The number of amides is 1. The Kier molecular flexibility index (Phi) is 5.82. The van der Waals surface area contributed by atoms with E-state index in [-0.39, 0.29) is 5.91 Å². The maximum atomic E-state index is 12.6. The fourth-order valence-corrected chi connectivity index (χ4v) is 4.44. The van der Waals surface area contributed by atoms with Crippen LogP contribution in [0.5, 0.6) is 11.5 Å². The Balaban J connectivity index is 1.48. The number of carbonyl (C=O) groups excluding carboxylic acids is 1. The number of benzene rings is 2. The van der Waals surface area contributed by atoms with Gasteiger partial charge >= 0.3 is 0 Å². The molecule has 1 amide bonds. The summed E-state index contributed by atoms with van der Waals surface area (Å²) >= 11 is 2.75. The van der Waals surface area contributed by atoms with Gasteiger partial charge in [-0.3, -0.25) is 10.1 Å². The summed E-state index contributed by atoms with van der Waals surface area (Å²) in [6.07, 6.45) is 0. The maximum absolute atomic E-state index is 12.6. The van der Waals surface area contributed by atoms with E-state index in [1.54, 1.807) is 12.5 Å². The Morgan fingerprint density at radius 2 is 2.00 bits per heavy atom. The minimum absolute atomic E-state index is 0.306. The van der Waals surface area contributed by atoms with Crippen molar-refractivity contribution in [2.45, 2.75) is 13.8 Å². The molecule has 4 rings (SSSR count). The van der Waals surface area contributed by atoms with E-state index in [1.165, 1.54) is 22.7 Å². The van der Waals surface area contributed by atoms with E-state index in [9.17, 15) is 4.79 Å². The second kappa shape index (κ2) is 8.68. The van der Waals surface area contributed by atoms with Crippen molar-refractivity contribution in [2.24, 2.45) is 0 Å². The molecule has 7 nitrogen and oxygen atoms in total. The normalized spacial score (nSPS) is 10.8. The topological polar surface area (TPSA) is 85.4 Å². The number of carbonyl (C=O) groups is 1. The van der Waals surface area contributed by atoms with Gasteiger partial charge in [-0.25, -0.2) is 9.97 Å². The zero-order valence-corrected chi connectivity index (χ0v) is 18.3. The van der Waals surface area contributed by atoms with Crippen molar-refractivity contribution in [3.8, 4) is 11.5 Å². The van der Waals surface area contributed by atoms with Crippen LogP contribution < -0.4 is 20.1 Å². The molecule has 0 unspecified atom stereocenters. The van der Waals surface area contributed by atoms with Gasteiger partial charge in [0, 0.05) is 5.38 Å². The number of aryl methyl sites for hydroxylation is 1. The molecule has 2 aromatic carbocycles. The van der Waals surface area contributed by atoms with Crippen molar-refractivity contribution in [1.29, 1.82) is 0 Å². The minimum atomic E-state index is -0.306. The summed E-state index contributed by atoms with van der Waals surface area (Å²) in [5, 5.41) is 8.88. The third-order valence-electron chi connectivity index (χ3n) is 4.22. The van der Waals surface area contributed by atoms with Gasteiger partial charge < -0.3 is 14.8 Å². The Bertz CT molecular complexity index is 1200. The summed E-state index contributed by atoms with van der Waals surface area (Å²) < 4.78 is 11.8. The number of hydrogen-bond acceptors (Lipinski definition) is 8. The number of thiazole rings is 2. The lowest BCUT2D eigenvalue weighted by atomic mass is 10.2. The Morgan fingerprint density at radius 1 is 1.13 bits per heavy atom. The number of aromatic nitrogens is 2. The second-order valence-corrected chi connectivity index (χ2v) is 8.29. The lowest BCUT2D eigenvalue weighted by Crippen LogP contribution is -2.12. The maximum Gasteiger partial charge on any atom is 0.276 e. The van der Waals surface area contributed by atoms with E-state index in [0.717, 1.165) is 27.2 Å². The first-order chi connectivity index (χ1) is 14.6. The molecule has 0 aliphatic heterocycles. The molecule has 0 aliphatic carbocycles. The summed E-state index contributed by atoms with van der Waals surface area (Å²) in [5.41, 5.74) is 3.03. The van der Waals surface area contributed by atoms with Crippen molar-refractivity contribution in [1.82, 2.24) is 9.97 Å². The first kappa shape index (κ1) is 20.1. The summed E-state index contributed by atoms with van der Waals surface area (Å²) in [6, 6.07) is 11.5. The molecule has 0 spiro atoms. The van der Waals surface area contributed by atoms with E-state index in [4.69, 9.17) is 9.47 Å². The lowest BCUT2D eigenvalue weighted by molar-refractivity contribution is 0.102. The second-order valence-electron chi connectivity index (χ2n) is 6.40. The van der Waals surface area contributed by atoms with Crippen LogP contribution in [0.25, 0.3) is 10.2 Å². The summed E-state index contributed by atoms with van der Waals surface area (Å²) in [4.78, 5) is 21.5. The van der Waals surface area contributed by atoms with E-state index in [0.29, 0.717) is 28.3 Å². The van der Waals surface area contributed by atoms with Crippen molar-refractivity contribution in [3.05, 3.63) is 53.0 Å². The highest BCUT2D eigenvalue weighted by molar-refractivity contribution is 7.22. The number of anilines is 3. The van der Waals surface area contributed by atoms with Crippen molar-refractivity contribution < 1.29 is 14.3 Å². The number of methoxy groups -OCH3 is 1. The highest BCUT2D eigenvalue weighted by Gasteiger charge is 2.15. The Morgan fingerprint density at radius 3 is 2.80 bits per heavy atom. The molecule has 30 heavy (non-hydrogen) atoms. The van der Waals surface area contributed by atoms with Crippen LogP contribution in [0.3, 0.4) is 0 Å². The number of hydrogen-bond donors (Lipinski definition) is 2. The van der Waals surface area contributed by atoms with E-state index < -0.39 is 0 Å². The average molecular weight is 441 g/mol. The van der Waals surface area contributed by atoms with Gasteiger partial charge in [-0.15, -0.1) is 11.3 Å². The number of nitrogens with zero attached hydrogens (tertiary/aromatic N) is 2. The number of nitrogens with one attached hydrogen (secondary N) is 2. The van der Waals surface area contributed by atoms with Gasteiger partial charge in [0.2, 0.25) is 0 Å². The molecule has 0 bridgehead atoms. The van der Waals surface area contributed by atoms with Crippen LogP contribution in [-0.4, -0.2) is 29.6 Å². The summed E-state index contributed by atoms with van der Waals surface area (Å²) in [7, 11) is 1.62. The largest absolute Gasteiger partial charge is 0.495 e. The van der Waals surface area contributed by atoms with Crippen molar-refractivity contribution >= 4 is 54.7 Å². The molecule has 0 saturated carbocycles. The monoisotopic (exact) mass is 440 g/mol. The third-order valence-corrected chi connectivity index (χ3v) is 5.92. The molecule has 0 radical (unpaired) electrons. The third kappa shape index (κ3) is 4.37. The molecular weight excluding hydrogens is 420 g/mol. The van der Waals surface area contributed by atoms with Crippen LogP contribution in [0, 0.1) is 6.92 Å². The average Bonchev–Trinajstić information content (AvgIpc) is 3.34. The van der Waals surface area contributed by atoms with Gasteiger partial charge in [-0.2, -0.15) is 0 Å². The number of rotatable bonds is 7. The molecule has 0 aliphatic rings. The summed E-state index contributed by atoms with van der Waals surface area (Å²) in [6.45, 7) is 4.54. The molecule has 4 aromatic rings. The fourth-order valence-electron chi connectivity index (χ4n) is 2.85. The number of fused-ring (bicyclic) bond motifs is 1. The van der Waals surface area contributed by atoms with Crippen LogP contribution in [0.1, 0.15) is 23.0 Å². The van der Waals surface area contributed by atoms with Crippen molar-refractivity contribution in [2.75, 3.05) is 24.4 Å². The molecular formula is C21H20N4O3S2. The molecule has 2 aromatic heterocycles. The van der Waals surface area contributed by atoms with Gasteiger partial charge in [0.25, 0.3) is 5.91 Å². The Labute approximate surface area is 181 Å². The van der Waals surface area contributed by atoms with Crippen LogP contribution >= 0.6 is 22.7 Å². The lowest BCUT2D eigenvalue weighted by Gasteiger charge is -2.09. The fraction of sp³-hybridized carbons (Fsp3) is 0.190.